The Morgan fingerprint density at radius 1 is 1.07 bits per heavy atom. The predicted octanol–water partition coefficient (Wildman–Crippen LogP) is 2.84. The summed E-state index contributed by atoms with van der Waals surface area (Å²) >= 11 is 0. The van der Waals surface area contributed by atoms with E-state index in [0.29, 0.717) is 11.3 Å². The summed E-state index contributed by atoms with van der Waals surface area (Å²) in [5.74, 6) is -1.30. The molecule has 0 spiro atoms. The molecule has 0 atom stereocenters. The van der Waals surface area contributed by atoms with E-state index < -0.39 is 30.1 Å². The molecule has 0 unspecified atom stereocenters. The Bertz CT molecular complexity index is 1040. The lowest BCUT2D eigenvalue weighted by molar-refractivity contribution is -0.274. The molecule has 1 amide bonds. The third-order valence-electron chi connectivity index (χ3n) is 3.52. The van der Waals surface area contributed by atoms with E-state index in [-0.39, 0.29) is 5.69 Å². The summed E-state index contributed by atoms with van der Waals surface area (Å²) in [6, 6.07) is 11.2. The predicted molar refractivity (Wildman–Crippen MR) is 93.5 cm³/mol. The molecule has 0 aliphatic carbocycles. The normalized spacial score (nSPS) is 11.1. The molecule has 0 fully saturated rings. The zero-order valence-electron chi connectivity index (χ0n) is 14.2. The maximum absolute atomic E-state index is 12.5. The first-order chi connectivity index (χ1) is 13.3. The second-order valence-electron chi connectivity index (χ2n) is 5.54. The van der Waals surface area contributed by atoms with Crippen molar-refractivity contribution in [2.75, 3.05) is 5.32 Å². The number of ether oxygens (including phenoxy) is 1. The molecule has 1 aromatic carbocycles. The first-order valence-corrected chi connectivity index (χ1v) is 7.95. The molecule has 0 saturated heterocycles. The summed E-state index contributed by atoms with van der Waals surface area (Å²) in [5.41, 5.74) is 0.416. The summed E-state index contributed by atoms with van der Waals surface area (Å²) in [6.07, 6.45) is -1.80. The molecular formula is C18H13F3N4O3. The number of nitrogens with zero attached hydrogens (tertiary/aromatic N) is 3. The van der Waals surface area contributed by atoms with E-state index in [9.17, 15) is 22.8 Å². The first kappa shape index (κ1) is 19.1. The number of nitrogens with one attached hydrogen (secondary N) is 1. The maximum Gasteiger partial charge on any atom is 0.573 e. The number of hydrogen-bond donors (Lipinski definition) is 1. The maximum atomic E-state index is 12.5. The minimum Gasteiger partial charge on any atom is -0.404 e. The number of alkyl halides is 3. The van der Waals surface area contributed by atoms with Gasteiger partial charge < -0.3 is 10.1 Å². The van der Waals surface area contributed by atoms with E-state index in [1.165, 1.54) is 30.3 Å². The van der Waals surface area contributed by atoms with Crippen LogP contribution in [0.1, 0.15) is 0 Å². The molecule has 0 saturated carbocycles. The fraction of sp³-hybridized carbons (Fsp3) is 0.111. The number of rotatable bonds is 5. The molecule has 0 bridgehead atoms. The topological polar surface area (TPSA) is 86.1 Å². The van der Waals surface area contributed by atoms with Gasteiger partial charge in [0.1, 0.15) is 6.54 Å². The fourth-order valence-electron chi connectivity index (χ4n) is 2.35. The highest BCUT2D eigenvalue weighted by Gasteiger charge is 2.32. The van der Waals surface area contributed by atoms with Crippen molar-refractivity contribution in [3.63, 3.8) is 0 Å². The lowest BCUT2D eigenvalue weighted by atomic mass is 10.2. The van der Waals surface area contributed by atoms with Crippen LogP contribution >= 0.6 is 0 Å². The number of pyridine rings is 1. The van der Waals surface area contributed by atoms with Crippen LogP contribution in [0.2, 0.25) is 0 Å². The van der Waals surface area contributed by atoms with Gasteiger partial charge in [-0.25, -0.2) is 4.68 Å². The molecule has 1 N–H and O–H groups in total. The van der Waals surface area contributed by atoms with Crippen molar-refractivity contribution >= 4 is 11.6 Å². The number of benzene rings is 1. The van der Waals surface area contributed by atoms with Crippen molar-refractivity contribution in [3.8, 4) is 17.0 Å². The molecule has 0 radical (unpaired) electrons. The van der Waals surface area contributed by atoms with E-state index in [1.54, 1.807) is 24.5 Å². The van der Waals surface area contributed by atoms with Crippen molar-refractivity contribution in [2.45, 2.75) is 12.9 Å². The molecule has 0 aliphatic heterocycles. The first-order valence-electron chi connectivity index (χ1n) is 7.95. The third kappa shape index (κ3) is 4.93. The van der Waals surface area contributed by atoms with E-state index in [1.807, 2.05) is 0 Å². The summed E-state index contributed by atoms with van der Waals surface area (Å²) in [5, 5.41) is 6.40. The second-order valence-corrected chi connectivity index (χ2v) is 5.54. The summed E-state index contributed by atoms with van der Waals surface area (Å²) in [6.45, 7) is -0.488. The minimum atomic E-state index is -4.90. The van der Waals surface area contributed by atoms with E-state index in [2.05, 4.69) is 20.1 Å². The molecule has 3 aromatic rings. The van der Waals surface area contributed by atoms with Crippen molar-refractivity contribution in [3.05, 3.63) is 71.3 Å². The van der Waals surface area contributed by atoms with Crippen molar-refractivity contribution < 1.29 is 22.7 Å². The van der Waals surface area contributed by atoms with Crippen LogP contribution in [-0.4, -0.2) is 27.0 Å². The molecule has 28 heavy (non-hydrogen) atoms. The third-order valence-corrected chi connectivity index (χ3v) is 3.52. The monoisotopic (exact) mass is 390 g/mol. The van der Waals surface area contributed by atoms with Gasteiger partial charge >= 0.3 is 6.36 Å². The van der Waals surface area contributed by atoms with Crippen LogP contribution in [0.25, 0.3) is 11.3 Å². The van der Waals surface area contributed by atoms with Crippen LogP contribution in [0, 0.1) is 0 Å². The molecule has 2 heterocycles. The van der Waals surface area contributed by atoms with Crippen LogP contribution in [0.15, 0.2) is 65.7 Å². The molecule has 0 aliphatic rings. The standard InChI is InChI=1S/C18H13F3N4O3/c19-18(20,21)28-15-4-2-1-3-14(15)23-16(26)11-25-17(27)6-5-13(24-25)12-7-9-22-10-8-12/h1-10H,11H2,(H,23,26). The van der Waals surface area contributed by atoms with Crippen LogP contribution in [0.3, 0.4) is 0 Å². The van der Waals surface area contributed by atoms with E-state index >= 15 is 0 Å². The van der Waals surface area contributed by atoms with Gasteiger partial charge in [-0.05, 0) is 30.3 Å². The number of para-hydroxylation sites is 2. The van der Waals surface area contributed by atoms with Crippen LogP contribution in [-0.2, 0) is 11.3 Å². The van der Waals surface area contributed by atoms with Gasteiger partial charge in [-0.1, -0.05) is 12.1 Å². The smallest absolute Gasteiger partial charge is 0.404 e. The van der Waals surface area contributed by atoms with E-state index in [4.69, 9.17) is 0 Å². The number of anilines is 1. The number of carbonyl (C=O) groups excluding carboxylic acids is 1. The SMILES string of the molecule is O=C(Cn1nc(-c2ccncc2)ccc1=O)Nc1ccccc1OC(F)(F)F. The summed E-state index contributed by atoms with van der Waals surface area (Å²) in [7, 11) is 0. The lowest BCUT2D eigenvalue weighted by Gasteiger charge is -2.14. The Morgan fingerprint density at radius 3 is 2.50 bits per heavy atom. The Kier molecular flexibility index (Phi) is 5.39. The Hall–Kier alpha value is -3.69. The van der Waals surface area contributed by atoms with Gasteiger partial charge in [0.05, 0.1) is 11.4 Å². The average molecular weight is 390 g/mol. The number of halogens is 3. The molecular weight excluding hydrogens is 377 g/mol. The average Bonchev–Trinajstić information content (AvgIpc) is 2.65. The molecule has 2 aromatic heterocycles. The zero-order valence-corrected chi connectivity index (χ0v) is 14.2. The minimum absolute atomic E-state index is 0.178. The fourth-order valence-corrected chi connectivity index (χ4v) is 2.35. The zero-order chi connectivity index (χ0) is 20.1. The molecule has 144 valence electrons. The summed E-state index contributed by atoms with van der Waals surface area (Å²) in [4.78, 5) is 28.1. The van der Waals surface area contributed by atoms with Gasteiger partial charge in [0, 0.05) is 24.0 Å². The van der Waals surface area contributed by atoms with Crippen molar-refractivity contribution in [2.24, 2.45) is 0 Å². The van der Waals surface area contributed by atoms with Gasteiger partial charge in [-0.15, -0.1) is 13.2 Å². The highest BCUT2D eigenvalue weighted by molar-refractivity contribution is 5.92. The van der Waals surface area contributed by atoms with Gasteiger partial charge in [0.25, 0.3) is 5.56 Å². The number of amides is 1. The Balaban J connectivity index is 1.79. The van der Waals surface area contributed by atoms with Crippen LogP contribution in [0.5, 0.6) is 5.75 Å². The largest absolute Gasteiger partial charge is 0.573 e. The Labute approximate surface area is 156 Å². The van der Waals surface area contributed by atoms with Crippen molar-refractivity contribution in [1.82, 2.24) is 14.8 Å². The molecule has 10 heteroatoms. The van der Waals surface area contributed by atoms with Gasteiger partial charge in [0.2, 0.25) is 5.91 Å². The number of carbonyl (C=O) groups is 1. The lowest BCUT2D eigenvalue weighted by Crippen LogP contribution is -2.29. The van der Waals surface area contributed by atoms with Crippen molar-refractivity contribution in [1.29, 1.82) is 0 Å². The quantitative estimate of drug-likeness (QED) is 0.724. The highest BCUT2D eigenvalue weighted by Crippen LogP contribution is 2.29. The second kappa shape index (κ2) is 7.91. The van der Waals surface area contributed by atoms with E-state index in [0.717, 1.165) is 10.7 Å². The number of hydrogen-bond acceptors (Lipinski definition) is 5. The molecule has 7 nitrogen and oxygen atoms in total. The summed E-state index contributed by atoms with van der Waals surface area (Å²) < 4.78 is 42.2. The molecule has 3 rings (SSSR count). The van der Waals surface area contributed by atoms with Gasteiger partial charge in [0.15, 0.2) is 5.75 Å². The highest BCUT2D eigenvalue weighted by atomic mass is 19.4. The van der Waals surface area contributed by atoms with Crippen LogP contribution < -0.4 is 15.6 Å². The Morgan fingerprint density at radius 2 is 1.79 bits per heavy atom. The van der Waals surface area contributed by atoms with Gasteiger partial charge in [-0.3, -0.25) is 14.6 Å². The van der Waals surface area contributed by atoms with Crippen LogP contribution in [0.4, 0.5) is 18.9 Å². The van der Waals surface area contributed by atoms with Gasteiger partial charge in [-0.2, -0.15) is 5.10 Å². The number of aromatic nitrogens is 3.